The van der Waals surface area contributed by atoms with Crippen LogP contribution in [-0.4, -0.2) is 29.4 Å². The lowest BCUT2D eigenvalue weighted by Gasteiger charge is -2.10. The van der Waals surface area contributed by atoms with Crippen LogP contribution in [0.2, 0.25) is 0 Å². The minimum Gasteiger partial charge on any atom is -0.475 e. The van der Waals surface area contributed by atoms with Crippen molar-refractivity contribution < 1.29 is 4.74 Å². The summed E-state index contributed by atoms with van der Waals surface area (Å²) in [6.07, 6.45) is 2.44. The van der Waals surface area contributed by atoms with E-state index in [1.54, 1.807) is 0 Å². The molecule has 0 aromatic carbocycles. The molecule has 1 aliphatic rings. The van der Waals surface area contributed by atoms with Gasteiger partial charge in [-0.2, -0.15) is 5.10 Å². The molecule has 0 saturated carbocycles. The van der Waals surface area contributed by atoms with Crippen LogP contribution in [-0.2, 0) is 0 Å². The van der Waals surface area contributed by atoms with Crippen molar-refractivity contribution in [2.75, 3.05) is 13.2 Å². The molecule has 1 N–H and O–H groups in total. The standard InChI is InChI=1S/C10H15N3O/c1-8-4-5-10(13-12-8)14-7-9-3-2-6-11-9/h4-5,9,11H,2-3,6-7H2,1H3/t9-/m1/s1. The number of aryl methyl sites for hydroxylation is 1. The first-order valence-corrected chi connectivity index (χ1v) is 5.01. The van der Waals surface area contributed by atoms with Crippen LogP contribution >= 0.6 is 0 Å². The molecule has 1 aromatic rings. The molecule has 76 valence electrons. The molecule has 0 aliphatic carbocycles. The van der Waals surface area contributed by atoms with E-state index in [-0.39, 0.29) is 0 Å². The predicted molar refractivity (Wildman–Crippen MR) is 53.3 cm³/mol. The summed E-state index contributed by atoms with van der Waals surface area (Å²) in [5, 5.41) is 11.2. The topological polar surface area (TPSA) is 47.0 Å². The fraction of sp³-hybridized carbons (Fsp3) is 0.600. The van der Waals surface area contributed by atoms with Gasteiger partial charge in [0.2, 0.25) is 5.88 Å². The zero-order valence-corrected chi connectivity index (χ0v) is 8.36. The maximum Gasteiger partial charge on any atom is 0.233 e. The molecule has 14 heavy (non-hydrogen) atoms. The van der Waals surface area contributed by atoms with Gasteiger partial charge in [0.15, 0.2) is 0 Å². The van der Waals surface area contributed by atoms with E-state index in [1.807, 2.05) is 19.1 Å². The molecule has 1 saturated heterocycles. The molecule has 1 atom stereocenters. The zero-order valence-electron chi connectivity index (χ0n) is 8.36. The maximum absolute atomic E-state index is 5.51. The van der Waals surface area contributed by atoms with Crippen molar-refractivity contribution in [3.8, 4) is 5.88 Å². The fourth-order valence-electron chi connectivity index (χ4n) is 1.55. The Kier molecular flexibility index (Phi) is 2.93. The molecule has 4 heteroatoms. The highest BCUT2D eigenvalue weighted by Crippen LogP contribution is 2.08. The highest BCUT2D eigenvalue weighted by atomic mass is 16.5. The van der Waals surface area contributed by atoms with Crippen molar-refractivity contribution in [1.29, 1.82) is 0 Å². The van der Waals surface area contributed by atoms with Crippen LogP contribution in [0, 0.1) is 6.92 Å². The Labute approximate surface area is 83.7 Å². The van der Waals surface area contributed by atoms with E-state index in [1.165, 1.54) is 12.8 Å². The highest BCUT2D eigenvalue weighted by Gasteiger charge is 2.14. The smallest absolute Gasteiger partial charge is 0.233 e. The average Bonchev–Trinajstić information content (AvgIpc) is 2.70. The van der Waals surface area contributed by atoms with Crippen LogP contribution in [0.1, 0.15) is 18.5 Å². The summed E-state index contributed by atoms with van der Waals surface area (Å²) in [6.45, 7) is 3.71. The van der Waals surface area contributed by atoms with Gasteiger partial charge in [0.05, 0.1) is 5.69 Å². The van der Waals surface area contributed by atoms with Crippen molar-refractivity contribution in [3.05, 3.63) is 17.8 Å². The summed E-state index contributed by atoms with van der Waals surface area (Å²) in [5.41, 5.74) is 0.913. The molecule has 2 rings (SSSR count). The molecule has 1 aliphatic heterocycles. The van der Waals surface area contributed by atoms with Gasteiger partial charge < -0.3 is 10.1 Å². The summed E-state index contributed by atoms with van der Waals surface area (Å²) in [4.78, 5) is 0. The number of aromatic nitrogens is 2. The lowest BCUT2D eigenvalue weighted by Crippen LogP contribution is -2.28. The van der Waals surface area contributed by atoms with Gasteiger partial charge in [-0.05, 0) is 32.4 Å². The molecule has 4 nitrogen and oxygen atoms in total. The Balaban J connectivity index is 1.82. The quantitative estimate of drug-likeness (QED) is 0.775. The van der Waals surface area contributed by atoms with Gasteiger partial charge in [-0.1, -0.05) is 0 Å². The van der Waals surface area contributed by atoms with Crippen molar-refractivity contribution in [1.82, 2.24) is 15.5 Å². The monoisotopic (exact) mass is 193 g/mol. The van der Waals surface area contributed by atoms with Gasteiger partial charge in [0.25, 0.3) is 0 Å². The number of rotatable bonds is 3. The van der Waals surface area contributed by atoms with Gasteiger partial charge in [0.1, 0.15) is 6.61 Å². The normalized spacial score (nSPS) is 21.1. The highest BCUT2D eigenvalue weighted by molar-refractivity contribution is 5.10. The van der Waals surface area contributed by atoms with Crippen molar-refractivity contribution in [2.24, 2.45) is 0 Å². The van der Waals surface area contributed by atoms with E-state index in [9.17, 15) is 0 Å². The number of hydrogen-bond acceptors (Lipinski definition) is 4. The summed E-state index contributed by atoms with van der Waals surface area (Å²) in [7, 11) is 0. The first-order valence-electron chi connectivity index (χ1n) is 5.01. The Hall–Kier alpha value is -1.16. The molecule has 0 amide bonds. The minimum atomic E-state index is 0.484. The van der Waals surface area contributed by atoms with E-state index in [2.05, 4.69) is 15.5 Å². The van der Waals surface area contributed by atoms with Crippen LogP contribution in [0.3, 0.4) is 0 Å². The lowest BCUT2D eigenvalue weighted by atomic mass is 10.2. The van der Waals surface area contributed by atoms with E-state index in [0.29, 0.717) is 18.5 Å². The van der Waals surface area contributed by atoms with Crippen molar-refractivity contribution >= 4 is 0 Å². The first kappa shape index (κ1) is 9.40. The summed E-state index contributed by atoms with van der Waals surface area (Å²) < 4.78 is 5.51. The van der Waals surface area contributed by atoms with Crippen molar-refractivity contribution in [2.45, 2.75) is 25.8 Å². The molecule has 0 bridgehead atoms. The van der Waals surface area contributed by atoms with E-state index < -0.39 is 0 Å². The van der Waals surface area contributed by atoms with Crippen LogP contribution in [0.15, 0.2) is 12.1 Å². The molecular weight excluding hydrogens is 178 g/mol. The summed E-state index contributed by atoms with van der Waals surface area (Å²) >= 11 is 0. The van der Waals surface area contributed by atoms with E-state index in [0.717, 1.165) is 12.2 Å². The maximum atomic E-state index is 5.51. The first-order chi connectivity index (χ1) is 6.84. The number of ether oxygens (including phenoxy) is 1. The predicted octanol–water partition coefficient (Wildman–Crippen LogP) is 0.916. The molecule has 1 aromatic heterocycles. The number of hydrogen-bond donors (Lipinski definition) is 1. The van der Waals surface area contributed by atoms with Gasteiger partial charge in [0, 0.05) is 12.1 Å². The van der Waals surface area contributed by atoms with E-state index in [4.69, 9.17) is 4.74 Å². The molecule has 0 unspecified atom stereocenters. The number of nitrogens with zero attached hydrogens (tertiary/aromatic N) is 2. The van der Waals surface area contributed by atoms with Gasteiger partial charge in [-0.3, -0.25) is 0 Å². The third kappa shape index (κ3) is 2.42. The van der Waals surface area contributed by atoms with Crippen LogP contribution in [0.5, 0.6) is 5.88 Å². The largest absolute Gasteiger partial charge is 0.475 e. The second-order valence-electron chi connectivity index (χ2n) is 3.62. The Morgan fingerprint density at radius 3 is 3.07 bits per heavy atom. The second-order valence-corrected chi connectivity index (χ2v) is 3.62. The van der Waals surface area contributed by atoms with Crippen LogP contribution in [0.25, 0.3) is 0 Å². The molecule has 2 heterocycles. The second kappa shape index (κ2) is 4.37. The fourth-order valence-corrected chi connectivity index (χ4v) is 1.55. The molecule has 0 radical (unpaired) electrons. The SMILES string of the molecule is Cc1ccc(OC[C@H]2CCCN2)nn1. The van der Waals surface area contributed by atoms with Crippen LogP contribution in [0.4, 0.5) is 0 Å². The Morgan fingerprint density at radius 1 is 1.50 bits per heavy atom. The molecular formula is C10H15N3O. The zero-order chi connectivity index (χ0) is 9.80. The summed E-state index contributed by atoms with van der Waals surface area (Å²) in [5.74, 6) is 0.615. The average molecular weight is 193 g/mol. The molecule has 0 spiro atoms. The van der Waals surface area contributed by atoms with Gasteiger partial charge in [-0.25, -0.2) is 0 Å². The van der Waals surface area contributed by atoms with Gasteiger partial charge >= 0.3 is 0 Å². The third-order valence-corrected chi connectivity index (χ3v) is 2.37. The van der Waals surface area contributed by atoms with E-state index >= 15 is 0 Å². The minimum absolute atomic E-state index is 0.484. The van der Waals surface area contributed by atoms with Gasteiger partial charge in [-0.15, -0.1) is 5.10 Å². The Bertz CT molecular complexity index is 280. The molecule has 1 fully saturated rings. The van der Waals surface area contributed by atoms with Crippen molar-refractivity contribution in [3.63, 3.8) is 0 Å². The lowest BCUT2D eigenvalue weighted by molar-refractivity contribution is 0.264. The summed E-state index contributed by atoms with van der Waals surface area (Å²) in [6, 6.07) is 4.25. The number of nitrogens with one attached hydrogen (secondary N) is 1. The third-order valence-electron chi connectivity index (χ3n) is 2.37. The Morgan fingerprint density at radius 2 is 2.43 bits per heavy atom. The van der Waals surface area contributed by atoms with Crippen LogP contribution < -0.4 is 10.1 Å².